The summed E-state index contributed by atoms with van der Waals surface area (Å²) < 4.78 is 0. The van der Waals surface area contributed by atoms with Gasteiger partial charge in [0.2, 0.25) is 5.91 Å². The third-order valence-electron chi connectivity index (χ3n) is 4.57. The van der Waals surface area contributed by atoms with Gasteiger partial charge in [-0.2, -0.15) is 0 Å². The highest BCUT2D eigenvalue weighted by molar-refractivity contribution is 7.10. The van der Waals surface area contributed by atoms with Crippen molar-refractivity contribution >= 4 is 34.8 Å². The van der Waals surface area contributed by atoms with E-state index in [0.717, 1.165) is 12.8 Å². The number of amides is 2. The average Bonchev–Trinajstić information content (AvgIpc) is 3.31. The summed E-state index contributed by atoms with van der Waals surface area (Å²) in [6.45, 7) is -0.0569. The number of hydrogen-bond acceptors (Lipinski definition) is 3. The van der Waals surface area contributed by atoms with Crippen LogP contribution in [0.15, 0.2) is 41.8 Å². The first-order chi connectivity index (χ1) is 12.1. The quantitative estimate of drug-likeness (QED) is 0.794. The fourth-order valence-corrected chi connectivity index (χ4v) is 4.40. The van der Waals surface area contributed by atoms with Crippen molar-refractivity contribution < 1.29 is 9.59 Å². The first-order valence-electron chi connectivity index (χ1n) is 8.50. The fourth-order valence-electron chi connectivity index (χ4n) is 3.31. The number of thiophene rings is 1. The highest BCUT2D eigenvalue weighted by atomic mass is 35.5. The average molecular weight is 377 g/mol. The van der Waals surface area contributed by atoms with Crippen LogP contribution in [0.2, 0.25) is 5.02 Å². The van der Waals surface area contributed by atoms with Gasteiger partial charge in [-0.15, -0.1) is 11.3 Å². The Hall–Kier alpha value is -1.85. The summed E-state index contributed by atoms with van der Waals surface area (Å²) in [6.07, 6.45) is 4.70. The van der Waals surface area contributed by atoms with E-state index in [1.54, 1.807) is 35.6 Å². The first-order valence-corrected chi connectivity index (χ1v) is 9.76. The maximum atomic E-state index is 12.4. The number of rotatable bonds is 6. The zero-order chi connectivity index (χ0) is 17.6. The Labute approximate surface area is 156 Å². The van der Waals surface area contributed by atoms with E-state index in [-0.39, 0.29) is 24.4 Å². The van der Waals surface area contributed by atoms with Gasteiger partial charge in [-0.1, -0.05) is 42.6 Å². The van der Waals surface area contributed by atoms with E-state index in [0.29, 0.717) is 16.5 Å². The van der Waals surface area contributed by atoms with Crippen molar-refractivity contribution in [3.8, 4) is 0 Å². The third-order valence-corrected chi connectivity index (χ3v) is 5.85. The van der Waals surface area contributed by atoms with Gasteiger partial charge in [0.1, 0.15) is 0 Å². The number of benzene rings is 1. The van der Waals surface area contributed by atoms with Gasteiger partial charge >= 0.3 is 0 Å². The summed E-state index contributed by atoms with van der Waals surface area (Å²) in [6, 6.07) is 10.9. The highest BCUT2D eigenvalue weighted by Crippen LogP contribution is 2.37. The van der Waals surface area contributed by atoms with Crippen molar-refractivity contribution in [3.05, 3.63) is 57.2 Å². The molecule has 1 fully saturated rings. The normalized spacial score (nSPS) is 15.7. The van der Waals surface area contributed by atoms with Gasteiger partial charge in [-0.3, -0.25) is 9.59 Å². The van der Waals surface area contributed by atoms with Gasteiger partial charge in [-0.05, 0) is 42.3 Å². The van der Waals surface area contributed by atoms with Crippen molar-refractivity contribution in [1.82, 2.24) is 10.6 Å². The Morgan fingerprint density at radius 1 is 1.16 bits per heavy atom. The van der Waals surface area contributed by atoms with Crippen LogP contribution in [0.3, 0.4) is 0 Å². The lowest BCUT2D eigenvalue weighted by molar-refractivity contribution is -0.121. The van der Waals surface area contributed by atoms with Gasteiger partial charge in [0.15, 0.2) is 0 Å². The zero-order valence-electron chi connectivity index (χ0n) is 13.8. The van der Waals surface area contributed by atoms with E-state index in [1.807, 2.05) is 11.4 Å². The molecule has 132 valence electrons. The van der Waals surface area contributed by atoms with Gasteiger partial charge < -0.3 is 10.6 Å². The molecule has 1 atom stereocenters. The number of halogens is 1. The van der Waals surface area contributed by atoms with Crippen molar-refractivity contribution in [2.24, 2.45) is 5.92 Å². The summed E-state index contributed by atoms with van der Waals surface area (Å²) >= 11 is 7.68. The molecule has 1 aliphatic rings. The third kappa shape index (κ3) is 4.61. The van der Waals surface area contributed by atoms with E-state index in [1.165, 1.54) is 17.7 Å². The number of nitrogens with one attached hydrogen (secondary N) is 2. The van der Waals surface area contributed by atoms with Crippen molar-refractivity contribution in [1.29, 1.82) is 0 Å². The van der Waals surface area contributed by atoms with Crippen LogP contribution < -0.4 is 10.6 Å². The highest BCUT2D eigenvalue weighted by Gasteiger charge is 2.28. The lowest BCUT2D eigenvalue weighted by Gasteiger charge is -2.24. The number of carbonyl (C=O) groups is 2. The molecule has 0 radical (unpaired) electrons. The first kappa shape index (κ1) is 18.0. The van der Waals surface area contributed by atoms with E-state index in [4.69, 9.17) is 11.6 Å². The number of hydrogen-bond donors (Lipinski definition) is 2. The maximum Gasteiger partial charge on any atom is 0.253 e. The van der Waals surface area contributed by atoms with Crippen LogP contribution in [-0.4, -0.2) is 18.4 Å². The largest absolute Gasteiger partial charge is 0.347 e. The molecular weight excluding hydrogens is 356 g/mol. The predicted molar refractivity (Wildman–Crippen MR) is 101 cm³/mol. The van der Waals surface area contributed by atoms with E-state index < -0.39 is 0 Å². The molecule has 4 nitrogen and oxygen atoms in total. The second kappa shape index (κ2) is 8.50. The Morgan fingerprint density at radius 3 is 2.60 bits per heavy atom. The van der Waals surface area contributed by atoms with Crippen molar-refractivity contribution in [3.63, 3.8) is 0 Å². The molecule has 1 aromatic heterocycles. The molecule has 2 N–H and O–H groups in total. The Bertz CT molecular complexity index is 727. The molecule has 3 rings (SSSR count). The Balaban J connectivity index is 1.58. The van der Waals surface area contributed by atoms with Crippen LogP contribution in [0.5, 0.6) is 0 Å². The summed E-state index contributed by atoms with van der Waals surface area (Å²) in [5.74, 6) is -0.0399. The molecule has 6 heteroatoms. The predicted octanol–water partition coefficient (Wildman–Crippen LogP) is 4.18. The van der Waals surface area contributed by atoms with Crippen molar-refractivity contribution in [2.75, 3.05) is 6.54 Å². The Kier molecular flexibility index (Phi) is 6.10. The monoisotopic (exact) mass is 376 g/mol. The summed E-state index contributed by atoms with van der Waals surface area (Å²) in [5, 5.41) is 8.16. The molecular formula is C19H21ClN2O2S. The molecule has 1 unspecified atom stereocenters. The summed E-state index contributed by atoms with van der Waals surface area (Å²) in [7, 11) is 0. The molecule has 0 saturated heterocycles. The SMILES string of the molecule is O=C(CNC(=O)c1ccccc1Cl)NC(c1cccs1)C1CCCC1. The fraction of sp³-hybridized carbons (Fsp3) is 0.368. The van der Waals surface area contributed by atoms with Crippen molar-refractivity contribution in [2.45, 2.75) is 31.7 Å². The van der Waals surface area contributed by atoms with Gasteiger partial charge in [0.25, 0.3) is 5.91 Å². The molecule has 1 saturated carbocycles. The molecule has 2 amide bonds. The minimum atomic E-state index is -0.339. The molecule has 2 aromatic rings. The lowest BCUT2D eigenvalue weighted by Crippen LogP contribution is -2.40. The lowest BCUT2D eigenvalue weighted by atomic mass is 9.96. The Morgan fingerprint density at radius 2 is 1.92 bits per heavy atom. The minimum Gasteiger partial charge on any atom is -0.347 e. The molecule has 0 spiro atoms. The maximum absolute atomic E-state index is 12.4. The van der Waals surface area contributed by atoms with E-state index >= 15 is 0 Å². The molecule has 1 heterocycles. The van der Waals surface area contributed by atoms with Crippen LogP contribution in [0.1, 0.15) is 47.0 Å². The van der Waals surface area contributed by atoms with Crippen LogP contribution in [-0.2, 0) is 4.79 Å². The van der Waals surface area contributed by atoms with Crippen LogP contribution in [0, 0.1) is 5.92 Å². The standard InChI is InChI=1S/C19H21ClN2O2S/c20-15-9-4-3-8-14(15)19(24)21-12-17(23)22-18(13-6-1-2-7-13)16-10-5-11-25-16/h3-5,8-11,13,18H,1-2,6-7,12H2,(H,21,24)(H,22,23). The second-order valence-corrected chi connectivity index (χ2v) is 7.65. The smallest absolute Gasteiger partial charge is 0.253 e. The van der Waals surface area contributed by atoms with Crippen LogP contribution in [0.4, 0.5) is 0 Å². The van der Waals surface area contributed by atoms with E-state index in [2.05, 4.69) is 16.7 Å². The summed E-state index contributed by atoms with van der Waals surface area (Å²) in [4.78, 5) is 25.7. The number of carbonyl (C=O) groups excluding carboxylic acids is 2. The molecule has 25 heavy (non-hydrogen) atoms. The second-order valence-electron chi connectivity index (χ2n) is 6.27. The van der Waals surface area contributed by atoms with Gasteiger partial charge in [-0.25, -0.2) is 0 Å². The van der Waals surface area contributed by atoms with Crippen LogP contribution in [0.25, 0.3) is 0 Å². The van der Waals surface area contributed by atoms with E-state index in [9.17, 15) is 9.59 Å². The molecule has 0 bridgehead atoms. The zero-order valence-corrected chi connectivity index (χ0v) is 15.4. The van der Waals surface area contributed by atoms with Gasteiger partial charge in [0.05, 0.1) is 23.2 Å². The topological polar surface area (TPSA) is 58.2 Å². The van der Waals surface area contributed by atoms with Gasteiger partial charge in [0, 0.05) is 4.88 Å². The van der Waals surface area contributed by atoms with Crippen LogP contribution >= 0.6 is 22.9 Å². The minimum absolute atomic E-state index is 0.0345. The molecule has 1 aliphatic carbocycles. The molecule has 0 aliphatic heterocycles. The molecule has 1 aromatic carbocycles. The summed E-state index contributed by atoms with van der Waals surface area (Å²) in [5.41, 5.74) is 0.377.